The molecule has 1 atom stereocenters. The largest absolute Gasteiger partial charge is 0.423 e. The van der Waals surface area contributed by atoms with Crippen LogP contribution in [0.5, 0.6) is 0 Å². The molecular formula is C16H17FN4O. The van der Waals surface area contributed by atoms with Gasteiger partial charge in [0.15, 0.2) is 5.58 Å². The highest BCUT2D eigenvalue weighted by molar-refractivity contribution is 5.74. The minimum atomic E-state index is -0.296. The van der Waals surface area contributed by atoms with Gasteiger partial charge in [-0.15, -0.1) is 0 Å². The van der Waals surface area contributed by atoms with Gasteiger partial charge in [0, 0.05) is 45.0 Å². The molecule has 6 heteroatoms. The minimum Gasteiger partial charge on any atom is -0.423 e. The van der Waals surface area contributed by atoms with Crippen LogP contribution in [0.3, 0.4) is 0 Å². The van der Waals surface area contributed by atoms with E-state index in [1.807, 2.05) is 24.3 Å². The fourth-order valence-corrected chi connectivity index (χ4v) is 3.10. The van der Waals surface area contributed by atoms with Gasteiger partial charge in [0.1, 0.15) is 17.2 Å². The van der Waals surface area contributed by atoms with Crippen molar-refractivity contribution in [3.05, 3.63) is 42.2 Å². The van der Waals surface area contributed by atoms with Crippen LogP contribution in [0.1, 0.15) is 12.2 Å². The van der Waals surface area contributed by atoms with Crippen molar-refractivity contribution >= 4 is 17.1 Å². The van der Waals surface area contributed by atoms with Crippen molar-refractivity contribution in [3.8, 4) is 0 Å². The molecule has 1 aliphatic rings. The van der Waals surface area contributed by atoms with Gasteiger partial charge in [0.05, 0.1) is 0 Å². The summed E-state index contributed by atoms with van der Waals surface area (Å²) in [5.74, 6) is 1.39. The quantitative estimate of drug-likeness (QED) is 0.746. The van der Waals surface area contributed by atoms with E-state index in [0.29, 0.717) is 23.0 Å². The second-order valence-corrected chi connectivity index (χ2v) is 5.89. The molecule has 2 aromatic heterocycles. The number of benzene rings is 1. The average molecular weight is 300 g/mol. The Morgan fingerprint density at radius 3 is 3.27 bits per heavy atom. The molecule has 0 spiro atoms. The standard InChI is InChI=1S/C16H17FN4O/c1-20(9-11-2-5-15-18-6-7-21(15)10-11)16-19-13-8-12(17)3-4-14(13)22-16/h3-4,6-8,11H,2,5,9-10H2,1H3. The first kappa shape index (κ1) is 13.3. The summed E-state index contributed by atoms with van der Waals surface area (Å²) < 4.78 is 21.1. The SMILES string of the molecule is CN(CC1CCc2nccn2C1)c1nc2cc(F)ccc2o1. The Labute approximate surface area is 127 Å². The number of anilines is 1. The number of oxazole rings is 1. The lowest BCUT2D eigenvalue weighted by atomic mass is 9.99. The van der Waals surface area contributed by atoms with Crippen LogP contribution < -0.4 is 4.90 Å². The van der Waals surface area contributed by atoms with E-state index >= 15 is 0 Å². The third-order valence-electron chi connectivity index (χ3n) is 4.23. The van der Waals surface area contributed by atoms with Crippen LogP contribution in [0, 0.1) is 11.7 Å². The molecule has 0 saturated heterocycles. The first-order valence-electron chi connectivity index (χ1n) is 7.46. The van der Waals surface area contributed by atoms with Crippen LogP contribution in [0.4, 0.5) is 10.4 Å². The highest BCUT2D eigenvalue weighted by Crippen LogP contribution is 2.25. The fourth-order valence-electron chi connectivity index (χ4n) is 3.10. The van der Waals surface area contributed by atoms with Crippen LogP contribution in [0.15, 0.2) is 35.0 Å². The van der Waals surface area contributed by atoms with Gasteiger partial charge in [-0.1, -0.05) is 0 Å². The van der Waals surface area contributed by atoms with Crippen LogP contribution in [-0.4, -0.2) is 28.1 Å². The van der Waals surface area contributed by atoms with Crippen molar-refractivity contribution in [1.82, 2.24) is 14.5 Å². The summed E-state index contributed by atoms with van der Waals surface area (Å²) in [6.45, 7) is 1.82. The maximum Gasteiger partial charge on any atom is 0.298 e. The van der Waals surface area contributed by atoms with E-state index in [1.54, 1.807) is 6.07 Å². The summed E-state index contributed by atoms with van der Waals surface area (Å²) in [7, 11) is 1.96. The Kier molecular flexibility index (Phi) is 3.10. The lowest BCUT2D eigenvalue weighted by molar-refractivity contribution is 0.363. The molecule has 4 rings (SSSR count). The van der Waals surface area contributed by atoms with Gasteiger partial charge in [-0.2, -0.15) is 4.98 Å². The molecule has 114 valence electrons. The van der Waals surface area contributed by atoms with E-state index in [-0.39, 0.29) is 5.82 Å². The van der Waals surface area contributed by atoms with Crippen LogP contribution in [0.2, 0.25) is 0 Å². The van der Waals surface area contributed by atoms with Crippen molar-refractivity contribution in [3.63, 3.8) is 0 Å². The predicted octanol–water partition coefficient (Wildman–Crippen LogP) is 2.86. The second kappa shape index (κ2) is 5.12. The van der Waals surface area contributed by atoms with E-state index in [2.05, 4.69) is 14.5 Å². The summed E-state index contributed by atoms with van der Waals surface area (Å²) in [6, 6.07) is 4.94. The van der Waals surface area contributed by atoms with E-state index < -0.39 is 0 Å². The van der Waals surface area contributed by atoms with Crippen LogP contribution in [0.25, 0.3) is 11.1 Å². The number of hydrogen-bond acceptors (Lipinski definition) is 4. The third-order valence-corrected chi connectivity index (χ3v) is 4.23. The third kappa shape index (κ3) is 2.34. The van der Waals surface area contributed by atoms with Crippen molar-refractivity contribution in [1.29, 1.82) is 0 Å². The van der Waals surface area contributed by atoms with E-state index in [0.717, 1.165) is 31.8 Å². The molecule has 3 heterocycles. The van der Waals surface area contributed by atoms with Crippen LogP contribution in [-0.2, 0) is 13.0 Å². The number of rotatable bonds is 3. The molecule has 3 aromatic rings. The Bertz CT molecular complexity index is 809. The zero-order chi connectivity index (χ0) is 15.1. The summed E-state index contributed by atoms with van der Waals surface area (Å²) in [6.07, 6.45) is 6.00. The van der Waals surface area contributed by atoms with E-state index in [9.17, 15) is 4.39 Å². The fraction of sp³-hybridized carbons (Fsp3) is 0.375. The van der Waals surface area contributed by atoms with Crippen molar-refractivity contribution < 1.29 is 8.81 Å². The summed E-state index contributed by atoms with van der Waals surface area (Å²) in [4.78, 5) is 10.7. The summed E-state index contributed by atoms with van der Waals surface area (Å²) in [5, 5.41) is 0. The molecule has 1 aliphatic heterocycles. The van der Waals surface area contributed by atoms with Crippen molar-refractivity contribution in [2.24, 2.45) is 5.92 Å². The summed E-state index contributed by atoms with van der Waals surface area (Å²) >= 11 is 0. The normalized spacial score (nSPS) is 17.6. The Hall–Kier alpha value is -2.37. The highest BCUT2D eigenvalue weighted by Gasteiger charge is 2.21. The minimum absolute atomic E-state index is 0.296. The maximum atomic E-state index is 13.2. The molecular weight excluding hydrogens is 283 g/mol. The predicted molar refractivity (Wildman–Crippen MR) is 81.3 cm³/mol. The molecule has 0 fully saturated rings. The molecule has 0 aliphatic carbocycles. The molecule has 5 nitrogen and oxygen atoms in total. The van der Waals surface area contributed by atoms with Gasteiger partial charge in [-0.05, 0) is 24.5 Å². The molecule has 0 radical (unpaired) electrons. The maximum absolute atomic E-state index is 13.2. The number of fused-ring (bicyclic) bond motifs is 2. The highest BCUT2D eigenvalue weighted by atomic mass is 19.1. The van der Waals surface area contributed by atoms with Gasteiger partial charge < -0.3 is 13.9 Å². The first-order chi connectivity index (χ1) is 10.7. The molecule has 1 aromatic carbocycles. The molecule has 0 N–H and O–H groups in total. The Morgan fingerprint density at radius 2 is 2.36 bits per heavy atom. The number of imidazole rings is 1. The number of halogens is 1. The zero-order valence-electron chi connectivity index (χ0n) is 12.4. The van der Waals surface area contributed by atoms with E-state index in [1.165, 1.54) is 12.1 Å². The average Bonchev–Trinajstić information content (AvgIpc) is 3.12. The number of hydrogen-bond donors (Lipinski definition) is 0. The number of aromatic nitrogens is 3. The molecule has 0 amide bonds. The lowest BCUT2D eigenvalue weighted by Gasteiger charge is -2.27. The first-order valence-corrected chi connectivity index (χ1v) is 7.46. The van der Waals surface area contributed by atoms with Gasteiger partial charge in [-0.3, -0.25) is 0 Å². The smallest absolute Gasteiger partial charge is 0.298 e. The Balaban J connectivity index is 1.50. The number of nitrogens with zero attached hydrogens (tertiary/aromatic N) is 4. The van der Waals surface area contributed by atoms with Crippen molar-refractivity contribution in [2.45, 2.75) is 19.4 Å². The van der Waals surface area contributed by atoms with Gasteiger partial charge in [-0.25, -0.2) is 9.37 Å². The monoisotopic (exact) mass is 300 g/mol. The Morgan fingerprint density at radius 1 is 1.45 bits per heavy atom. The van der Waals surface area contributed by atoms with Crippen molar-refractivity contribution in [2.75, 3.05) is 18.5 Å². The summed E-state index contributed by atoms with van der Waals surface area (Å²) in [5.41, 5.74) is 1.17. The molecule has 22 heavy (non-hydrogen) atoms. The van der Waals surface area contributed by atoms with Gasteiger partial charge in [0.25, 0.3) is 6.01 Å². The van der Waals surface area contributed by atoms with Gasteiger partial charge in [0.2, 0.25) is 0 Å². The second-order valence-electron chi connectivity index (χ2n) is 5.89. The zero-order valence-corrected chi connectivity index (χ0v) is 12.4. The molecule has 0 saturated carbocycles. The molecule has 0 bridgehead atoms. The molecule has 1 unspecified atom stereocenters. The lowest BCUT2D eigenvalue weighted by Crippen LogP contribution is -2.31. The van der Waals surface area contributed by atoms with Gasteiger partial charge >= 0.3 is 0 Å². The van der Waals surface area contributed by atoms with Crippen LogP contribution >= 0.6 is 0 Å². The van der Waals surface area contributed by atoms with E-state index in [4.69, 9.17) is 4.42 Å². The topological polar surface area (TPSA) is 47.1 Å². The number of aryl methyl sites for hydroxylation is 1.